The zero-order valence-corrected chi connectivity index (χ0v) is 13.7. The highest BCUT2D eigenvalue weighted by molar-refractivity contribution is 6.48. The van der Waals surface area contributed by atoms with Gasteiger partial charge in [-0.25, -0.2) is 4.39 Å². The van der Waals surface area contributed by atoms with Crippen molar-refractivity contribution in [3.8, 4) is 5.75 Å². The first-order valence-electron chi connectivity index (χ1n) is 6.17. The summed E-state index contributed by atoms with van der Waals surface area (Å²) >= 11 is 18.1. The fourth-order valence-electron chi connectivity index (χ4n) is 1.93. The molecule has 0 fully saturated rings. The molecule has 0 bridgehead atoms. The Morgan fingerprint density at radius 3 is 2.48 bits per heavy atom. The van der Waals surface area contributed by atoms with Gasteiger partial charge in [0.05, 0.1) is 33.9 Å². The lowest BCUT2D eigenvalue weighted by Crippen LogP contribution is -2.09. The summed E-state index contributed by atoms with van der Waals surface area (Å²) in [5.74, 6) is 0.185. The van der Waals surface area contributed by atoms with E-state index in [4.69, 9.17) is 39.5 Å². The van der Waals surface area contributed by atoms with Crippen molar-refractivity contribution in [1.82, 2.24) is 0 Å². The quantitative estimate of drug-likeness (QED) is 0.687. The standard InChI is InChI=1S/C15H13Cl3FNO/c1-8(10-4-5-11(16)15(18)14(10)17)20-13-7-9(21-2)3-6-12(13)19/h3-8,20H,1-2H3. The molecule has 0 spiro atoms. The third-order valence-corrected chi connectivity index (χ3v) is 4.39. The number of halogens is 4. The fourth-order valence-corrected chi connectivity index (χ4v) is 2.63. The lowest BCUT2D eigenvalue weighted by atomic mass is 10.1. The second-order valence-corrected chi connectivity index (χ2v) is 5.64. The van der Waals surface area contributed by atoms with Crippen LogP contribution in [0.5, 0.6) is 5.75 Å². The van der Waals surface area contributed by atoms with Gasteiger partial charge in [0.25, 0.3) is 0 Å². The normalized spacial score (nSPS) is 12.1. The lowest BCUT2D eigenvalue weighted by Gasteiger charge is -2.19. The molecule has 0 aliphatic carbocycles. The Hall–Kier alpha value is -1.16. The molecule has 0 saturated heterocycles. The number of anilines is 1. The minimum absolute atomic E-state index is 0.256. The second-order valence-electron chi connectivity index (χ2n) is 4.48. The summed E-state index contributed by atoms with van der Waals surface area (Å²) in [6.45, 7) is 1.85. The third kappa shape index (κ3) is 3.54. The monoisotopic (exact) mass is 347 g/mol. The van der Waals surface area contributed by atoms with Crippen molar-refractivity contribution in [3.63, 3.8) is 0 Å². The Morgan fingerprint density at radius 2 is 1.81 bits per heavy atom. The molecule has 0 aliphatic rings. The Morgan fingerprint density at radius 1 is 1.10 bits per heavy atom. The Kier molecular flexibility index (Phi) is 5.20. The largest absolute Gasteiger partial charge is 0.497 e. The molecule has 0 aromatic heterocycles. The van der Waals surface area contributed by atoms with E-state index in [2.05, 4.69) is 5.32 Å². The van der Waals surface area contributed by atoms with Gasteiger partial charge in [-0.05, 0) is 30.7 Å². The second kappa shape index (κ2) is 6.73. The minimum Gasteiger partial charge on any atom is -0.497 e. The molecule has 2 nitrogen and oxygen atoms in total. The van der Waals surface area contributed by atoms with E-state index >= 15 is 0 Å². The number of hydrogen-bond acceptors (Lipinski definition) is 2. The Balaban J connectivity index is 2.30. The van der Waals surface area contributed by atoms with Crippen LogP contribution in [0.1, 0.15) is 18.5 Å². The summed E-state index contributed by atoms with van der Waals surface area (Å²) < 4.78 is 18.9. The highest BCUT2D eigenvalue weighted by Crippen LogP contribution is 2.36. The zero-order chi connectivity index (χ0) is 15.6. The zero-order valence-electron chi connectivity index (χ0n) is 11.4. The van der Waals surface area contributed by atoms with Crippen LogP contribution in [0.25, 0.3) is 0 Å². The number of benzene rings is 2. The number of ether oxygens (including phenoxy) is 1. The van der Waals surface area contributed by atoms with Gasteiger partial charge in [-0.15, -0.1) is 0 Å². The van der Waals surface area contributed by atoms with Crippen LogP contribution in [-0.2, 0) is 0 Å². The van der Waals surface area contributed by atoms with E-state index in [0.29, 0.717) is 21.5 Å². The number of rotatable bonds is 4. The van der Waals surface area contributed by atoms with Gasteiger partial charge in [0.15, 0.2) is 0 Å². The lowest BCUT2D eigenvalue weighted by molar-refractivity contribution is 0.414. The van der Waals surface area contributed by atoms with E-state index in [9.17, 15) is 4.39 Å². The molecule has 2 aromatic carbocycles. The van der Waals surface area contributed by atoms with Gasteiger partial charge in [0.2, 0.25) is 0 Å². The molecule has 0 aliphatic heterocycles. The molecule has 0 radical (unpaired) electrons. The molecule has 112 valence electrons. The molecule has 0 heterocycles. The van der Waals surface area contributed by atoms with Gasteiger partial charge in [-0.3, -0.25) is 0 Å². The molecule has 6 heteroatoms. The van der Waals surface area contributed by atoms with E-state index in [-0.39, 0.29) is 16.9 Å². The predicted octanol–water partition coefficient (Wildman–Crippen LogP) is 5.97. The first kappa shape index (κ1) is 16.2. The number of methoxy groups -OCH3 is 1. The van der Waals surface area contributed by atoms with Crippen molar-refractivity contribution in [2.75, 3.05) is 12.4 Å². The van der Waals surface area contributed by atoms with Gasteiger partial charge in [0.1, 0.15) is 11.6 Å². The summed E-state index contributed by atoms with van der Waals surface area (Å²) in [5.41, 5.74) is 1.05. The van der Waals surface area contributed by atoms with Crippen LogP contribution in [0.15, 0.2) is 30.3 Å². The van der Waals surface area contributed by atoms with Crippen LogP contribution in [0.4, 0.5) is 10.1 Å². The van der Waals surface area contributed by atoms with Crippen LogP contribution in [-0.4, -0.2) is 7.11 Å². The highest BCUT2D eigenvalue weighted by atomic mass is 35.5. The van der Waals surface area contributed by atoms with Gasteiger partial charge in [-0.2, -0.15) is 0 Å². The van der Waals surface area contributed by atoms with Crippen LogP contribution < -0.4 is 10.1 Å². The van der Waals surface area contributed by atoms with Crippen LogP contribution in [0.2, 0.25) is 15.1 Å². The molecule has 1 unspecified atom stereocenters. The summed E-state index contributed by atoms with van der Waals surface area (Å²) in [4.78, 5) is 0. The maximum Gasteiger partial charge on any atom is 0.146 e. The van der Waals surface area contributed by atoms with Crippen molar-refractivity contribution in [3.05, 3.63) is 56.8 Å². The molecular weight excluding hydrogens is 336 g/mol. The van der Waals surface area contributed by atoms with Gasteiger partial charge >= 0.3 is 0 Å². The SMILES string of the molecule is COc1ccc(F)c(NC(C)c2ccc(Cl)c(Cl)c2Cl)c1. The van der Waals surface area contributed by atoms with E-state index in [1.807, 2.05) is 6.92 Å². The van der Waals surface area contributed by atoms with E-state index < -0.39 is 0 Å². The molecule has 2 aromatic rings. The van der Waals surface area contributed by atoms with Gasteiger partial charge in [-0.1, -0.05) is 40.9 Å². The van der Waals surface area contributed by atoms with Crippen molar-refractivity contribution in [2.24, 2.45) is 0 Å². The summed E-state index contributed by atoms with van der Waals surface area (Å²) in [7, 11) is 1.52. The Labute approximate surface area is 137 Å². The number of nitrogens with one attached hydrogen (secondary N) is 1. The minimum atomic E-state index is -0.376. The van der Waals surface area contributed by atoms with Crippen LogP contribution in [0.3, 0.4) is 0 Å². The third-order valence-electron chi connectivity index (χ3n) is 3.08. The van der Waals surface area contributed by atoms with Gasteiger partial charge in [0, 0.05) is 6.07 Å². The maximum absolute atomic E-state index is 13.8. The smallest absolute Gasteiger partial charge is 0.146 e. The van der Waals surface area contributed by atoms with Crippen molar-refractivity contribution in [1.29, 1.82) is 0 Å². The molecule has 1 atom stereocenters. The maximum atomic E-state index is 13.8. The van der Waals surface area contributed by atoms with Crippen LogP contribution in [0, 0.1) is 5.82 Å². The highest BCUT2D eigenvalue weighted by Gasteiger charge is 2.16. The fraction of sp³-hybridized carbons (Fsp3) is 0.200. The summed E-state index contributed by atoms with van der Waals surface area (Å²) in [6, 6.07) is 7.63. The molecule has 1 N–H and O–H groups in total. The van der Waals surface area contributed by atoms with Crippen molar-refractivity contribution in [2.45, 2.75) is 13.0 Å². The first-order valence-corrected chi connectivity index (χ1v) is 7.31. The van der Waals surface area contributed by atoms with E-state index in [1.54, 1.807) is 24.3 Å². The molecule has 0 saturated carbocycles. The summed E-state index contributed by atoms with van der Waals surface area (Å²) in [5, 5.41) is 4.07. The average molecular weight is 349 g/mol. The van der Waals surface area contributed by atoms with Gasteiger partial charge < -0.3 is 10.1 Å². The topological polar surface area (TPSA) is 21.3 Å². The number of hydrogen-bond donors (Lipinski definition) is 1. The first-order chi connectivity index (χ1) is 9.93. The van der Waals surface area contributed by atoms with Crippen molar-refractivity contribution >= 4 is 40.5 Å². The molecule has 0 amide bonds. The van der Waals surface area contributed by atoms with Crippen molar-refractivity contribution < 1.29 is 9.13 Å². The van der Waals surface area contributed by atoms with E-state index in [1.165, 1.54) is 13.2 Å². The molecule has 21 heavy (non-hydrogen) atoms. The molecular formula is C15H13Cl3FNO. The molecule has 2 rings (SSSR count). The Bertz CT molecular complexity index is 664. The summed E-state index contributed by atoms with van der Waals surface area (Å²) in [6.07, 6.45) is 0. The van der Waals surface area contributed by atoms with E-state index in [0.717, 1.165) is 5.56 Å². The van der Waals surface area contributed by atoms with Crippen LogP contribution >= 0.6 is 34.8 Å². The average Bonchev–Trinajstić information content (AvgIpc) is 2.47. The predicted molar refractivity (Wildman–Crippen MR) is 86.5 cm³/mol.